The van der Waals surface area contributed by atoms with E-state index >= 15 is 0 Å². The molecule has 0 unspecified atom stereocenters. The summed E-state index contributed by atoms with van der Waals surface area (Å²) in [6, 6.07) is 8.07. The van der Waals surface area contributed by atoms with Gasteiger partial charge in [-0.2, -0.15) is 0 Å². The Hall–Kier alpha value is -0.571. The van der Waals surface area contributed by atoms with Gasteiger partial charge in [0, 0.05) is 0 Å². The molecule has 0 spiro atoms. The SMILES string of the molecule is CC(=O)c1ccc(C([CH2][Sn]([CH3])([CH3])[CH3])=C(C)C)cc1. The minimum absolute atomic E-state index is 0.135. The van der Waals surface area contributed by atoms with E-state index in [4.69, 9.17) is 0 Å². The second-order valence-corrected chi connectivity index (χ2v) is 22.0. The van der Waals surface area contributed by atoms with Crippen LogP contribution in [-0.4, -0.2) is 24.2 Å². The van der Waals surface area contributed by atoms with Gasteiger partial charge >= 0.3 is 116 Å². The zero-order valence-electron chi connectivity index (χ0n) is 12.4. The Morgan fingerprint density at radius 1 is 0.944 bits per heavy atom. The molecule has 0 fully saturated rings. The van der Waals surface area contributed by atoms with E-state index in [1.165, 1.54) is 21.1 Å². The van der Waals surface area contributed by atoms with E-state index in [1.807, 2.05) is 12.1 Å². The average Bonchev–Trinajstić information content (AvgIpc) is 2.24. The first-order valence-electron chi connectivity index (χ1n) is 6.48. The van der Waals surface area contributed by atoms with Crippen molar-refractivity contribution in [3.05, 3.63) is 41.0 Å². The van der Waals surface area contributed by atoms with Gasteiger partial charge in [0.05, 0.1) is 0 Å². The summed E-state index contributed by atoms with van der Waals surface area (Å²) in [4.78, 5) is 18.7. The molecule has 0 saturated carbocycles. The van der Waals surface area contributed by atoms with Gasteiger partial charge in [-0.05, 0) is 0 Å². The van der Waals surface area contributed by atoms with Crippen LogP contribution in [0.2, 0.25) is 19.3 Å². The fraction of sp³-hybridized carbons (Fsp3) is 0.438. The molecule has 0 N–H and O–H groups in total. The van der Waals surface area contributed by atoms with Gasteiger partial charge in [0.2, 0.25) is 0 Å². The molecule has 0 bridgehead atoms. The van der Waals surface area contributed by atoms with Crippen LogP contribution in [-0.2, 0) is 0 Å². The van der Waals surface area contributed by atoms with Crippen molar-refractivity contribution in [3.8, 4) is 0 Å². The molecule has 98 valence electrons. The maximum atomic E-state index is 11.3. The summed E-state index contributed by atoms with van der Waals surface area (Å²) in [5.41, 5.74) is 4.96. The first kappa shape index (κ1) is 15.5. The number of allylic oxidation sites excluding steroid dienone is 2. The number of carbonyl (C=O) groups is 1. The summed E-state index contributed by atoms with van der Waals surface area (Å²) in [7, 11) is 0. The van der Waals surface area contributed by atoms with Gasteiger partial charge in [0.15, 0.2) is 0 Å². The number of carbonyl (C=O) groups excluding carboxylic acids is 1. The summed E-state index contributed by atoms with van der Waals surface area (Å²) in [5.74, 6) is 0.135. The third kappa shape index (κ3) is 4.60. The van der Waals surface area contributed by atoms with Crippen molar-refractivity contribution >= 4 is 29.7 Å². The van der Waals surface area contributed by atoms with Crippen molar-refractivity contribution < 1.29 is 4.79 Å². The van der Waals surface area contributed by atoms with Gasteiger partial charge in [-0.25, -0.2) is 0 Å². The third-order valence-corrected chi connectivity index (χ3v) is 6.99. The van der Waals surface area contributed by atoms with Crippen molar-refractivity contribution in [1.82, 2.24) is 0 Å². The second-order valence-electron chi connectivity index (χ2n) is 6.35. The van der Waals surface area contributed by atoms with Crippen molar-refractivity contribution in [2.75, 3.05) is 0 Å². The third-order valence-electron chi connectivity index (χ3n) is 2.95. The van der Waals surface area contributed by atoms with Crippen LogP contribution >= 0.6 is 0 Å². The van der Waals surface area contributed by atoms with E-state index in [0.29, 0.717) is 0 Å². The number of hydrogen-bond donors (Lipinski definition) is 0. The van der Waals surface area contributed by atoms with Gasteiger partial charge in [-0.3, -0.25) is 0 Å². The molecule has 1 aromatic carbocycles. The Bertz CT molecular complexity index is 457. The predicted octanol–water partition coefficient (Wildman–Crippen LogP) is 5.02. The van der Waals surface area contributed by atoms with E-state index in [2.05, 4.69) is 40.8 Å². The molecule has 0 heterocycles. The average molecular weight is 351 g/mol. The molecule has 0 aliphatic heterocycles. The first-order chi connectivity index (χ1) is 8.20. The first-order valence-corrected chi connectivity index (χ1v) is 17.1. The Morgan fingerprint density at radius 2 is 1.39 bits per heavy atom. The molecule has 0 radical (unpaired) electrons. The van der Waals surface area contributed by atoms with Gasteiger partial charge in [0.1, 0.15) is 0 Å². The van der Waals surface area contributed by atoms with Crippen molar-refractivity contribution in [2.24, 2.45) is 0 Å². The van der Waals surface area contributed by atoms with Gasteiger partial charge in [-0.15, -0.1) is 0 Å². The summed E-state index contributed by atoms with van der Waals surface area (Å²) < 4.78 is 1.26. The Morgan fingerprint density at radius 3 is 1.72 bits per heavy atom. The Labute approximate surface area is 115 Å². The summed E-state index contributed by atoms with van der Waals surface area (Å²) in [5, 5.41) is 0. The fourth-order valence-corrected chi connectivity index (χ4v) is 6.62. The van der Waals surface area contributed by atoms with Crippen LogP contribution in [0.25, 0.3) is 5.57 Å². The molecule has 1 aromatic rings. The minimum atomic E-state index is -1.84. The van der Waals surface area contributed by atoms with Crippen LogP contribution in [0.4, 0.5) is 0 Å². The topological polar surface area (TPSA) is 17.1 Å². The van der Waals surface area contributed by atoms with Crippen LogP contribution in [0.5, 0.6) is 0 Å². The van der Waals surface area contributed by atoms with E-state index in [-0.39, 0.29) is 5.78 Å². The van der Waals surface area contributed by atoms with Gasteiger partial charge < -0.3 is 0 Å². The molecule has 0 aromatic heterocycles. The van der Waals surface area contributed by atoms with Crippen molar-refractivity contribution in [1.29, 1.82) is 0 Å². The van der Waals surface area contributed by atoms with E-state index in [1.54, 1.807) is 6.92 Å². The zero-order chi connectivity index (χ0) is 13.9. The molecule has 0 aliphatic carbocycles. The molecular formula is C16H24OSn. The molecule has 0 saturated heterocycles. The molecule has 1 nitrogen and oxygen atoms in total. The molecule has 1 rings (SSSR count). The number of ketones is 1. The van der Waals surface area contributed by atoms with Crippen molar-refractivity contribution in [3.63, 3.8) is 0 Å². The normalized spacial score (nSPS) is 11.2. The predicted molar refractivity (Wildman–Crippen MR) is 82.9 cm³/mol. The van der Waals surface area contributed by atoms with Crippen LogP contribution in [0.15, 0.2) is 29.8 Å². The Balaban J connectivity index is 3.09. The molecule has 0 amide bonds. The Kier molecular flexibility index (Phi) is 5.20. The van der Waals surface area contributed by atoms with Gasteiger partial charge in [-0.1, -0.05) is 0 Å². The van der Waals surface area contributed by atoms with Gasteiger partial charge in [0.25, 0.3) is 0 Å². The number of benzene rings is 1. The van der Waals surface area contributed by atoms with E-state index in [9.17, 15) is 4.79 Å². The van der Waals surface area contributed by atoms with Crippen LogP contribution in [0.1, 0.15) is 36.7 Å². The zero-order valence-corrected chi connectivity index (χ0v) is 15.3. The molecule has 0 atom stereocenters. The van der Waals surface area contributed by atoms with Crippen molar-refractivity contribution in [2.45, 2.75) is 40.0 Å². The molecule has 2 heteroatoms. The fourth-order valence-electron chi connectivity index (χ4n) is 2.00. The number of hydrogen-bond acceptors (Lipinski definition) is 1. The number of Topliss-reactive ketones (excluding diaryl/α,β-unsaturated/α-hetero) is 1. The molecule has 18 heavy (non-hydrogen) atoms. The summed E-state index contributed by atoms with van der Waals surface area (Å²) in [6.07, 6.45) is 0. The van der Waals surface area contributed by atoms with E-state index in [0.717, 1.165) is 5.56 Å². The quantitative estimate of drug-likeness (QED) is 0.550. The standard InChI is InChI=1S/C13H15O.3CH3.Sn/c1-9(2)10(3)12-5-7-13(8-6-12)11(4)14;;;;/h5-8H,3H2,1-2,4H3;3*1H3;. The number of rotatable bonds is 4. The maximum absolute atomic E-state index is 11.3. The van der Waals surface area contributed by atoms with Crippen LogP contribution in [0, 0.1) is 0 Å². The monoisotopic (exact) mass is 352 g/mol. The molecule has 0 aliphatic rings. The second kappa shape index (κ2) is 6.05. The van der Waals surface area contributed by atoms with Crippen LogP contribution < -0.4 is 0 Å². The summed E-state index contributed by atoms with van der Waals surface area (Å²) >= 11 is -1.84. The van der Waals surface area contributed by atoms with E-state index < -0.39 is 18.4 Å². The van der Waals surface area contributed by atoms with Crippen LogP contribution in [0.3, 0.4) is 0 Å². The molecular weight excluding hydrogens is 327 g/mol. The summed E-state index contributed by atoms with van der Waals surface area (Å²) in [6.45, 7) is 5.99.